The monoisotopic (exact) mass is 276 g/mol. The molecule has 0 spiro atoms. The van der Waals surface area contributed by atoms with Crippen LogP contribution in [0.5, 0.6) is 5.88 Å². The van der Waals surface area contributed by atoms with E-state index in [1.54, 1.807) is 0 Å². The third-order valence-corrected chi connectivity index (χ3v) is 1.78. The Bertz CT molecular complexity index is 442. The summed E-state index contributed by atoms with van der Waals surface area (Å²) in [5.41, 5.74) is 2.68. The molecule has 0 aliphatic rings. The molecule has 0 saturated carbocycles. The van der Waals surface area contributed by atoms with Crippen LogP contribution in [0.4, 0.5) is 32.2 Å². The molecular weight excluding hydrogens is 270 g/mol. The van der Waals surface area contributed by atoms with Crippen molar-refractivity contribution in [1.82, 2.24) is 4.98 Å². The summed E-state index contributed by atoms with van der Waals surface area (Å²) in [5.74, 6) is -2.38. The zero-order valence-electron chi connectivity index (χ0n) is 8.43. The number of aromatic nitrogens is 1. The number of aliphatic hydroxyl groups is 1. The molecule has 0 atom stereocenters. The molecule has 3 N–H and O–H groups in total. The Morgan fingerprint density at radius 2 is 1.78 bits per heavy atom. The van der Waals surface area contributed by atoms with Crippen molar-refractivity contribution in [3.63, 3.8) is 0 Å². The standard InChI is InChI=1S/C8H6F6N2O2/c9-7(10,11)4-1-3(2-17)6(16-5(4)15)18-8(12,13)14/h1,17H,2H2,(H2,15,16). The van der Waals surface area contributed by atoms with Crippen molar-refractivity contribution in [2.75, 3.05) is 5.73 Å². The minimum Gasteiger partial charge on any atom is -0.391 e. The molecule has 0 aliphatic heterocycles. The SMILES string of the molecule is Nc1nc(OC(F)(F)F)c(CO)cc1C(F)(F)F. The van der Waals surface area contributed by atoms with Gasteiger partial charge in [0.15, 0.2) is 0 Å². The van der Waals surface area contributed by atoms with E-state index in [4.69, 9.17) is 10.8 Å². The molecule has 0 aromatic carbocycles. The second-order valence-corrected chi connectivity index (χ2v) is 3.09. The molecule has 1 aromatic rings. The highest BCUT2D eigenvalue weighted by Crippen LogP contribution is 2.36. The van der Waals surface area contributed by atoms with Crippen LogP contribution in [0.25, 0.3) is 0 Å². The van der Waals surface area contributed by atoms with Crippen LogP contribution in [-0.4, -0.2) is 16.5 Å². The highest BCUT2D eigenvalue weighted by molar-refractivity contribution is 5.47. The lowest BCUT2D eigenvalue weighted by Gasteiger charge is -2.15. The Morgan fingerprint density at radius 3 is 2.17 bits per heavy atom. The number of rotatable bonds is 2. The molecule has 18 heavy (non-hydrogen) atoms. The van der Waals surface area contributed by atoms with Gasteiger partial charge in [-0.2, -0.15) is 18.2 Å². The van der Waals surface area contributed by atoms with Crippen LogP contribution in [0.3, 0.4) is 0 Å². The van der Waals surface area contributed by atoms with Crippen LogP contribution in [0.2, 0.25) is 0 Å². The van der Waals surface area contributed by atoms with Crippen molar-refractivity contribution in [2.24, 2.45) is 0 Å². The van der Waals surface area contributed by atoms with E-state index in [0.29, 0.717) is 0 Å². The Kier molecular flexibility index (Phi) is 3.60. The molecule has 1 aromatic heterocycles. The smallest absolute Gasteiger partial charge is 0.391 e. The molecule has 0 amide bonds. The maximum Gasteiger partial charge on any atom is 0.574 e. The maximum atomic E-state index is 12.4. The first kappa shape index (κ1) is 14.4. The topological polar surface area (TPSA) is 68.4 Å². The van der Waals surface area contributed by atoms with Crippen LogP contribution in [-0.2, 0) is 12.8 Å². The summed E-state index contributed by atoms with van der Waals surface area (Å²) in [5, 5.41) is 8.70. The molecule has 0 aliphatic carbocycles. The summed E-state index contributed by atoms with van der Waals surface area (Å²) in [7, 11) is 0. The van der Waals surface area contributed by atoms with Gasteiger partial charge in [-0.1, -0.05) is 0 Å². The van der Waals surface area contributed by atoms with Gasteiger partial charge in [0.05, 0.1) is 12.2 Å². The average Bonchev–Trinajstić information content (AvgIpc) is 2.13. The van der Waals surface area contributed by atoms with Crippen molar-refractivity contribution >= 4 is 5.82 Å². The molecule has 4 nitrogen and oxygen atoms in total. The maximum absolute atomic E-state index is 12.4. The van der Waals surface area contributed by atoms with E-state index < -0.39 is 42.0 Å². The number of anilines is 1. The normalized spacial score (nSPS) is 12.6. The Morgan fingerprint density at radius 1 is 1.22 bits per heavy atom. The summed E-state index contributed by atoms with van der Waals surface area (Å²) >= 11 is 0. The number of hydrogen-bond acceptors (Lipinski definition) is 4. The second-order valence-electron chi connectivity index (χ2n) is 3.09. The lowest BCUT2D eigenvalue weighted by atomic mass is 10.2. The first-order valence-corrected chi connectivity index (χ1v) is 4.28. The summed E-state index contributed by atoms with van der Waals surface area (Å²) < 4.78 is 76.2. The molecule has 102 valence electrons. The minimum atomic E-state index is -5.15. The van der Waals surface area contributed by atoms with Gasteiger partial charge in [0.25, 0.3) is 0 Å². The quantitative estimate of drug-likeness (QED) is 0.811. The van der Waals surface area contributed by atoms with Gasteiger partial charge < -0.3 is 15.6 Å². The zero-order valence-corrected chi connectivity index (χ0v) is 8.43. The number of nitrogens with zero attached hydrogens (tertiary/aromatic N) is 1. The number of aliphatic hydroxyl groups excluding tert-OH is 1. The van der Waals surface area contributed by atoms with Crippen LogP contribution >= 0.6 is 0 Å². The van der Waals surface area contributed by atoms with Crippen LogP contribution < -0.4 is 10.5 Å². The van der Waals surface area contributed by atoms with E-state index in [1.165, 1.54) is 0 Å². The van der Waals surface area contributed by atoms with Gasteiger partial charge in [-0.3, -0.25) is 0 Å². The van der Waals surface area contributed by atoms with Crippen LogP contribution in [0.1, 0.15) is 11.1 Å². The summed E-state index contributed by atoms with van der Waals surface area (Å²) in [4.78, 5) is 2.85. The highest BCUT2D eigenvalue weighted by Gasteiger charge is 2.37. The minimum absolute atomic E-state index is 0.253. The fourth-order valence-corrected chi connectivity index (χ4v) is 1.09. The summed E-state index contributed by atoms with van der Waals surface area (Å²) in [6.07, 6.45) is -10.0. The van der Waals surface area contributed by atoms with Crippen molar-refractivity contribution in [3.05, 3.63) is 17.2 Å². The van der Waals surface area contributed by atoms with Crippen molar-refractivity contribution in [1.29, 1.82) is 0 Å². The van der Waals surface area contributed by atoms with Gasteiger partial charge >= 0.3 is 12.5 Å². The number of nitrogen functional groups attached to an aromatic ring is 1. The Labute approximate surface area is 96.0 Å². The van der Waals surface area contributed by atoms with Crippen molar-refractivity contribution in [3.8, 4) is 5.88 Å². The fourth-order valence-electron chi connectivity index (χ4n) is 1.09. The van der Waals surface area contributed by atoms with Gasteiger partial charge in [0, 0.05) is 5.56 Å². The van der Waals surface area contributed by atoms with E-state index in [1.807, 2.05) is 0 Å². The molecule has 0 bridgehead atoms. The predicted octanol–water partition coefficient (Wildman–Crippen LogP) is 2.07. The molecule has 0 fully saturated rings. The van der Waals surface area contributed by atoms with Gasteiger partial charge in [-0.05, 0) is 6.07 Å². The Balaban J connectivity index is 3.28. The van der Waals surface area contributed by atoms with E-state index in [2.05, 4.69) is 9.72 Å². The zero-order chi connectivity index (χ0) is 14.1. The van der Waals surface area contributed by atoms with Crippen LogP contribution in [0, 0.1) is 0 Å². The number of pyridine rings is 1. The van der Waals surface area contributed by atoms with E-state index >= 15 is 0 Å². The van der Waals surface area contributed by atoms with E-state index in [9.17, 15) is 26.3 Å². The number of nitrogens with two attached hydrogens (primary N) is 1. The predicted molar refractivity (Wildman–Crippen MR) is 46.3 cm³/mol. The molecule has 10 heteroatoms. The van der Waals surface area contributed by atoms with E-state index in [-0.39, 0.29) is 6.07 Å². The molecule has 0 saturated heterocycles. The van der Waals surface area contributed by atoms with Crippen molar-refractivity contribution in [2.45, 2.75) is 19.1 Å². The molecule has 1 heterocycles. The highest BCUT2D eigenvalue weighted by atomic mass is 19.4. The molecule has 0 radical (unpaired) electrons. The lowest BCUT2D eigenvalue weighted by Crippen LogP contribution is -2.20. The van der Waals surface area contributed by atoms with Gasteiger partial charge in [0.2, 0.25) is 5.88 Å². The van der Waals surface area contributed by atoms with Gasteiger partial charge in [0.1, 0.15) is 5.82 Å². The second kappa shape index (κ2) is 4.52. The van der Waals surface area contributed by atoms with Gasteiger partial charge in [-0.25, -0.2) is 0 Å². The Hall–Kier alpha value is -1.71. The number of hydrogen-bond donors (Lipinski definition) is 2. The summed E-state index contributed by atoms with van der Waals surface area (Å²) in [6, 6.07) is 0.253. The first-order chi connectivity index (χ1) is 8.04. The van der Waals surface area contributed by atoms with Gasteiger partial charge in [-0.15, -0.1) is 13.2 Å². The third-order valence-electron chi connectivity index (χ3n) is 1.78. The molecular formula is C8H6F6N2O2. The fraction of sp³-hybridized carbons (Fsp3) is 0.375. The molecule has 0 unspecified atom stereocenters. The third kappa shape index (κ3) is 3.39. The largest absolute Gasteiger partial charge is 0.574 e. The lowest BCUT2D eigenvalue weighted by molar-refractivity contribution is -0.276. The van der Waals surface area contributed by atoms with E-state index in [0.717, 1.165) is 0 Å². The first-order valence-electron chi connectivity index (χ1n) is 4.28. The average molecular weight is 276 g/mol. The number of alkyl halides is 6. The number of ether oxygens (including phenoxy) is 1. The van der Waals surface area contributed by atoms with Crippen LogP contribution in [0.15, 0.2) is 6.07 Å². The number of halogens is 6. The van der Waals surface area contributed by atoms with Crippen molar-refractivity contribution < 1.29 is 36.2 Å². The molecule has 1 rings (SSSR count). The summed E-state index contributed by atoms with van der Waals surface area (Å²) in [6.45, 7) is -1.11.